The average molecular weight is 327 g/mol. The maximum absolute atomic E-state index is 13.8. The third-order valence-corrected chi connectivity index (χ3v) is 5.52. The van der Waals surface area contributed by atoms with Crippen molar-refractivity contribution >= 4 is 23.9 Å². The first-order chi connectivity index (χ1) is 10.5. The Morgan fingerprint density at radius 3 is 2.68 bits per heavy atom. The number of carbonyl (C=O) groups excluding carboxylic acids is 1. The summed E-state index contributed by atoms with van der Waals surface area (Å²) in [4.78, 5) is 11.6. The number of methoxy groups -OCH3 is 1. The standard InChI is InChI=1S/C17H26FNO2S/c1-5-7-8-17(3,6-2)11-22-16-10-15(21-4)13(18)9-14(16)19-12-20/h9-10,12H,5-8,11H2,1-4H3,(H,19,20). The SMILES string of the molecule is CCCCC(C)(CC)CSc1cc(OC)c(F)cc1NC=O. The lowest BCUT2D eigenvalue weighted by Crippen LogP contribution is -2.18. The molecule has 0 fully saturated rings. The third-order valence-electron chi connectivity index (χ3n) is 4.03. The number of hydrogen-bond acceptors (Lipinski definition) is 3. The predicted octanol–water partition coefficient (Wildman–Crippen LogP) is 5.10. The molecule has 0 heterocycles. The van der Waals surface area contributed by atoms with Crippen LogP contribution in [0.15, 0.2) is 17.0 Å². The highest BCUT2D eigenvalue weighted by Gasteiger charge is 2.23. The second-order valence-corrected chi connectivity index (χ2v) is 6.82. The quantitative estimate of drug-likeness (QED) is 0.480. The van der Waals surface area contributed by atoms with E-state index in [4.69, 9.17) is 4.74 Å². The fourth-order valence-corrected chi connectivity index (χ4v) is 3.51. The fraction of sp³-hybridized carbons (Fsp3) is 0.588. The van der Waals surface area contributed by atoms with Crippen LogP contribution in [0.25, 0.3) is 0 Å². The maximum Gasteiger partial charge on any atom is 0.211 e. The van der Waals surface area contributed by atoms with Crippen LogP contribution in [-0.4, -0.2) is 19.3 Å². The second kappa shape index (κ2) is 9.03. The van der Waals surface area contributed by atoms with Crippen molar-refractivity contribution in [1.82, 2.24) is 0 Å². The monoisotopic (exact) mass is 327 g/mol. The van der Waals surface area contributed by atoms with Gasteiger partial charge in [-0.05, 0) is 24.3 Å². The Hall–Kier alpha value is -1.23. The number of nitrogens with one attached hydrogen (secondary N) is 1. The number of thioether (sulfide) groups is 1. The van der Waals surface area contributed by atoms with Gasteiger partial charge in [-0.15, -0.1) is 11.8 Å². The lowest BCUT2D eigenvalue weighted by atomic mass is 9.84. The van der Waals surface area contributed by atoms with Crippen molar-refractivity contribution in [3.8, 4) is 5.75 Å². The van der Waals surface area contributed by atoms with E-state index in [9.17, 15) is 9.18 Å². The van der Waals surface area contributed by atoms with Gasteiger partial charge in [0.2, 0.25) is 6.41 Å². The molecular weight excluding hydrogens is 301 g/mol. The minimum Gasteiger partial charge on any atom is -0.494 e. The van der Waals surface area contributed by atoms with Crippen LogP contribution < -0.4 is 10.1 Å². The Morgan fingerprint density at radius 1 is 1.41 bits per heavy atom. The Labute approximate surface area is 137 Å². The van der Waals surface area contributed by atoms with Gasteiger partial charge in [-0.25, -0.2) is 4.39 Å². The molecule has 1 unspecified atom stereocenters. The molecule has 3 nitrogen and oxygen atoms in total. The first kappa shape index (κ1) is 18.8. The summed E-state index contributed by atoms with van der Waals surface area (Å²) in [6.07, 6.45) is 5.22. The molecule has 5 heteroatoms. The van der Waals surface area contributed by atoms with Crippen LogP contribution in [0.4, 0.5) is 10.1 Å². The topological polar surface area (TPSA) is 38.3 Å². The van der Waals surface area contributed by atoms with E-state index in [-0.39, 0.29) is 11.2 Å². The Bertz CT molecular complexity index is 496. The summed E-state index contributed by atoms with van der Waals surface area (Å²) in [5.41, 5.74) is 0.730. The zero-order valence-corrected chi connectivity index (χ0v) is 14.7. The molecule has 0 saturated heterocycles. The van der Waals surface area contributed by atoms with E-state index in [1.165, 1.54) is 32.4 Å². The maximum atomic E-state index is 13.8. The van der Waals surface area contributed by atoms with Crippen LogP contribution in [0, 0.1) is 11.2 Å². The highest BCUT2D eigenvalue weighted by molar-refractivity contribution is 7.99. The number of carbonyl (C=O) groups is 1. The summed E-state index contributed by atoms with van der Waals surface area (Å²) in [6.45, 7) is 6.68. The number of amides is 1. The van der Waals surface area contributed by atoms with Crippen LogP contribution in [0.1, 0.15) is 46.5 Å². The van der Waals surface area contributed by atoms with E-state index in [1.54, 1.807) is 17.8 Å². The van der Waals surface area contributed by atoms with Gasteiger partial charge in [0, 0.05) is 16.7 Å². The van der Waals surface area contributed by atoms with Gasteiger partial charge >= 0.3 is 0 Å². The van der Waals surface area contributed by atoms with E-state index in [1.807, 2.05) is 0 Å². The molecule has 1 aromatic rings. The average Bonchev–Trinajstić information content (AvgIpc) is 2.52. The van der Waals surface area contributed by atoms with Crippen LogP contribution in [0.3, 0.4) is 0 Å². The van der Waals surface area contributed by atoms with Gasteiger partial charge in [0.1, 0.15) is 0 Å². The normalized spacial score (nSPS) is 13.5. The summed E-state index contributed by atoms with van der Waals surface area (Å²) >= 11 is 1.64. The van der Waals surface area contributed by atoms with Crippen molar-refractivity contribution in [2.45, 2.75) is 51.3 Å². The highest BCUT2D eigenvalue weighted by atomic mass is 32.2. The molecule has 1 N–H and O–H groups in total. The summed E-state index contributed by atoms with van der Waals surface area (Å²) in [6, 6.07) is 2.96. The van der Waals surface area contributed by atoms with Crippen molar-refractivity contribution < 1.29 is 13.9 Å². The smallest absolute Gasteiger partial charge is 0.211 e. The van der Waals surface area contributed by atoms with Crippen LogP contribution in [0.5, 0.6) is 5.75 Å². The largest absolute Gasteiger partial charge is 0.494 e. The van der Waals surface area contributed by atoms with Crippen molar-refractivity contribution in [1.29, 1.82) is 0 Å². The van der Waals surface area contributed by atoms with Gasteiger partial charge in [-0.3, -0.25) is 4.79 Å². The summed E-state index contributed by atoms with van der Waals surface area (Å²) in [7, 11) is 1.44. The molecule has 0 aliphatic rings. The zero-order valence-electron chi connectivity index (χ0n) is 13.9. The van der Waals surface area contributed by atoms with E-state index in [0.29, 0.717) is 12.1 Å². The molecule has 0 aromatic heterocycles. The first-order valence-corrected chi connectivity index (χ1v) is 8.68. The van der Waals surface area contributed by atoms with Crippen LogP contribution >= 0.6 is 11.8 Å². The number of ether oxygens (including phenoxy) is 1. The molecule has 0 spiro atoms. The zero-order chi connectivity index (χ0) is 16.6. The predicted molar refractivity (Wildman–Crippen MR) is 91.3 cm³/mol. The van der Waals surface area contributed by atoms with Crippen molar-refractivity contribution in [3.05, 3.63) is 17.9 Å². The van der Waals surface area contributed by atoms with Gasteiger partial charge in [0.15, 0.2) is 11.6 Å². The second-order valence-electron chi connectivity index (χ2n) is 5.80. The van der Waals surface area contributed by atoms with Crippen LogP contribution in [-0.2, 0) is 4.79 Å². The summed E-state index contributed by atoms with van der Waals surface area (Å²) < 4.78 is 18.8. The molecule has 0 aliphatic heterocycles. The molecule has 0 aliphatic carbocycles. The molecule has 0 saturated carbocycles. The summed E-state index contributed by atoms with van der Waals surface area (Å²) in [5, 5.41) is 2.57. The molecule has 1 amide bonds. The van der Waals surface area contributed by atoms with Crippen LogP contribution in [0.2, 0.25) is 0 Å². The molecule has 124 valence electrons. The van der Waals surface area contributed by atoms with Gasteiger partial charge in [0.25, 0.3) is 0 Å². The van der Waals surface area contributed by atoms with Gasteiger partial charge in [-0.2, -0.15) is 0 Å². The Balaban J connectivity index is 2.92. The molecular formula is C17H26FNO2S. The number of benzene rings is 1. The number of hydrogen-bond donors (Lipinski definition) is 1. The van der Waals surface area contributed by atoms with Crippen molar-refractivity contribution in [2.24, 2.45) is 5.41 Å². The Morgan fingerprint density at radius 2 is 2.14 bits per heavy atom. The highest BCUT2D eigenvalue weighted by Crippen LogP contribution is 2.39. The minimum absolute atomic E-state index is 0.200. The number of unbranched alkanes of at least 4 members (excludes halogenated alkanes) is 1. The molecule has 0 radical (unpaired) electrons. The lowest BCUT2D eigenvalue weighted by Gasteiger charge is -2.28. The van der Waals surface area contributed by atoms with E-state index >= 15 is 0 Å². The van der Waals surface area contributed by atoms with Gasteiger partial charge in [-0.1, -0.05) is 33.6 Å². The third kappa shape index (κ3) is 5.20. The lowest BCUT2D eigenvalue weighted by molar-refractivity contribution is -0.105. The fourth-order valence-electron chi connectivity index (χ4n) is 2.19. The number of anilines is 1. The molecule has 0 bridgehead atoms. The first-order valence-electron chi connectivity index (χ1n) is 7.70. The van der Waals surface area contributed by atoms with E-state index in [2.05, 4.69) is 26.1 Å². The molecule has 1 atom stereocenters. The number of rotatable bonds is 10. The van der Waals surface area contributed by atoms with Gasteiger partial charge in [0.05, 0.1) is 12.8 Å². The molecule has 1 aromatic carbocycles. The number of halogens is 1. The van der Waals surface area contributed by atoms with E-state index < -0.39 is 5.82 Å². The summed E-state index contributed by atoms with van der Waals surface area (Å²) in [5.74, 6) is 0.650. The van der Waals surface area contributed by atoms with Crippen molar-refractivity contribution in [3.63, 3.8) is 0 Å². The Kier molecular flexibility index (Phi) is 7.73. The molecule has 1 rings (SSSR count). The minimum atomic E-state index is -0.472. The van der Waals surface area contributed by atoms with E-state index in [0.717, 1.165) is 17.1 Å². The molecule has 22 heavy (non-hydrogen) atoms. The van der Waals surface area contributed by atoms with Gasteiger partial charge < -0.3 is 10.1 Å². The van der Waals surface area contributed by atoms with Crippen molar-refractivity contribution in [2.75, 3.05) is 18.2 Å².